The van der Waals surface area contributed by atoms with E-state index < -0.39 is 15.6 Å². The van der Waals surface area contributed by atoms with Crippen LogP contribution in [0.15, 0.2) is 0 Å². The summed E-state index contributed by atoms with van der Waals surface area (Å²) in [7, 11) is -8.88. The summed E-state index contributed by atoms with van der Waals surface area (Å²) in [6.07, 6.45) is 0.482. The van der Waals surface area contributed by atoms with E-state index in [1.54, 1.807) is 0 Å². The highest BCUT2D eigenvalue weighted by Crippen LogP contribution is 2.37. The van der Waals surface area contributed by atoms with Crippen LogP contribution in [0.1, 0.15) is 12.8 Å². The Hall–Kier alpha value is 0.220. The Morgan fingerprint density at radius 2 is 1.07 bits per heavy atom. The van der Waals surface area contributed by atoms with E-state index in [2.05, 4.69) is 9.05 Å². The molecule has 0 fully saturated rings. The zero-order chi connectivity index (χ0) is 11.2. The molecule has 0 aromatic rings. The van der Waals surface area contributed by atoms with Gasteiger partial charge in [0.25, 0.3) is 0 Å². The third-order valence-corrected chi connectivity index (χ3v) is 2.10. The normalized spacial score (nSPS) is 13.1. The van der Waals surface area contributed by atoms with Crippen LogP contribution in [-0.2, 0) is 18.2 Å². The van der Waals surface area contributed by atoms with Crippen molar-refractivity contribution in [3.63, 3.8) is 0 Å². The zero-order valence-corrected chi connectivity index (χ0v) is 8.93. The minimum atomic E-state index is -4.44. The van der Waals surface area contributed by atoms with Crippen molar-refractivity contribution in [1.82, 2.24) is 0 Å². The molecule has 0 spiro atoms. The molecular formula is C4H12O8P2. The molecule has 0 aliphatic rings. The van der Waals surface area contributed by atoms with Crippen LogP contribution < -0.4 is 0 Å². The number of rotatable bonds is 7. The van der Waals surface area contributed by atoms with E-state index in [0.717, 1.165) is 0 Å². The van der Waals surface area contributed by atoms with Crippen LogP contribution in [-0.4, -0.2) is 32.8 Å². The summed E-state index contributed by atoms with van der Waals surface area (Å²) in [5.74, 6) is 0. The van der Waals surface area contributed by atoms with Gasteiger partial charge in [0.15, 0.2) is 0 Å². The van der Waals surface area contributed by atoms with E-state index in [9.17, 15) is 9.13 Å². The molecule has 0 rings (SSSR count). The van der Waals surface area contributed by atoms with E-state index >= 15 is 0 Å². The standard InChI is InChI=1S/C4H12O8P2/c5-13(6,7)11-3-1-2-4-12-14(8,9)10/h1-4H2,(H2,5,6,7)(H2,8,9,10). The number of unbranched alkanes of at least 4 members (excludes halogenated alkanes) is 1. The van der Waals surface area contributed by atoms with Gasteiger partial charge in [0.1, 0.15) is 0 Å². The van der Waals surface area contributed by atoms with E-state index in [1.165, 1.54) is 0 Å². The molecule has 0 aromatic heterocycles. The van der Waals surface area contributed by atoms with Crippen LogP contribution >= 0.6 is 15.6 Å². The molecule has 0 bridgehead atoms. The summed E-state index contributed by atoms with van der Waals surface area (Å²) in [6, 6.07) is 0. The highest BCUT2D eigenvalue weighted by Gasteiger charge is 2.14. The lowest BCUT2D eigenvalue weighted by Gasteiger charge is -2.06. The molecule has 0 amide bonds. The van der Waals surface area contributed by atoms with Crippen LogP contribution in [0.2, 0.25) is 0 Å². The smallest absolute Gasteiger partial charge is 0.303 e. The molecule has 8 nitrogen and oxygen atoms in total. The van der Waals surface area contributed by atoms with Gasteiger partial charge in [-0.2, -0.15) is 0 Å². The molecule has 0 atom stereocenters. The zero-order valence-electron chi connectivity index (χ0n) is 7.14. The number of phosphoric acid groups is 2. The molecule has 0 saturated heterocycles. The van der Waals surface area contributed by atoms with Crippen molar-refractivity contribution in [2.75, 3.05) is 13.2 Å². The van der Waals surface area contributed by atoms with Crippen molar-refractivity contribution in [3.8, 4) is 0 Å². The Bertz CT molecular complexity index is 214. The Morgan fingerprint density at radius 3 is 1.29 bits per heavy atom. The number of phosphoric ester groups is 2. The van der Waals surface area contributed by atoms with Crippen molar-refractivity contribution < 1.29 is 37.8 Å². The molecule has 0 aliphatic heterocycles. The van der Waals surface area contributed by atoms with Gasteiger partial charge in [-0.15, -0.1) is 0 Å². The average Bonchev–Trinajstić information content (AvgIpc) is 1.92. The molecule has 4 N–H and O–H groups in total. The Labute approximate surface area is 80.3 Å². The fourth-order valence-electron chi connectivity index (χ4n) is 0.571. The summed E-state index contributed by atoms with van der Waals surface area (Å²) >= 11 is 0. The molecule has 14 heavy (non-hydrogen) atoms. The first-order valence-electron chi connectivity index (χ1n) is 3.61. The second kappa shape index (κ2) is 5.95. The van der Waals surface area contributed by atoms with Crippen molar-refractivity contribution in [3.05, 3.63) is 0 Å². The maximum absolute atomic E-state index is 10.1. The van der Waals surface area contributed by atoms with E-state index in [-0.39, 0.29) is 26.1 Å². The van der Waals surface area contributed by atoms with Crippen LogP contribution in [0, 0.1) is 0 Å². The molecule has 0 heterocycles. The monoisotopic (exact) mass is 250 g/mol. The van der Waals surface area contributed by atoms with Crippen molar-refractivity contribution in [1.29, 1.82) is 0 Å². The van der Waals surface area contributed by atoms with Gasteiger partial charge in [0.05, 0.1) is 13.2 Å². The lowest BCUT2D eigenvalue weighted by Crippen LogP contribution is -1.96. The lowest BCUT2D eigenvalue weighted by atomic mass is 10.3. The predicted octanol–water partition coefficient (Wildman–Crippen LogP) is -0.0148. The maximum atomic E-state index is 10.1. The third-order valence-electron chi connectivity index (χ3n) is 1.06. The molecule has 0 radical (unpaired) electrons. The van der Waals surface area contributed by atoms with Crippen LogP contribution in [0.3, 0.4) is 0 Å². The Kier molecular flexibility index (Phi) is 6.04. The van der Waals surface area contributed by atoms with Crippen LogP contribution in [0.5, 0.6) is 0 Å². The highest BCUT2D eigenvalue weighted by molar-refractivity contribution is 7.46. The molecule has 0 aliphatic carbocycles. The molecule has 0 unspecified atom stereocenters. The largest absolute Gasteiger partial charge is 0.469 e. The highest BCUT2D eigenvalue weighted by atomic mass is 31.2. The molecule has 10 heteroatoms. The topological polar surface area (TPSA) is 134 Å². The van der Waals surface area contributed by atoms with Gasteiger partial charge < -0.3 is 19.6 Å². The van der Waals surface area contributed by atoms with E-state index in [0.29, 0.717) is 0 Å². The average molecular weight is 250 g/mol. The Morgan fingerprint density at radius 1 is 0.786 bits per heavy atom. The summed E-state index contributed by atoms with van der Waals surface area (Å²) in [4.78, 5) is 32.9. The summed E-state index contributed by atoms with van der Waals surface area (Å²) in [6.45, 7) is -0.371. The Balaban J connectivity index is 3.32. The molecular weight excluding hydrogens is 238 g/mol. The first kappa shape index (κ1) is 14.2. The molecule has 0 aromatic carbocycles. The second-order valence-corrected chi connectivity index (χ2v) is 4.83. The third kappa shape index (κ3) is 12.2. The SMILES string of the molecule is O=P(O)(O)OCCCCOP(=O)(O)O. The predicted molar refractivity (Wildman–Crippen MR) is 45.2 cm³/mol. The summed E-state index contributed by atoms with van der Waals surface area (Å²) < 4.78 is 28.4. The van der Waals surface area contributed by atoms with Crippen molar-refractivity contribution >= 4 is 15.6 Å². The van der Waals surface area contributed by atoms with Gasteiger partial charge in [-0.1, -0.05) is 0 Å². The number of hydrogen-bond acceptors (Lipinski definition) is 4. The lowest BCUT2D eigenvalue weighted by molar-refractivity contribution is 0.171. The van der Waals surface area contributed by atoms with Gasteiger partial charge in [-0.3, -0.25) is 9.05 Å². The summed E-state index contributed by atoms with van der Waals surface area (Å²) in [5.41, 5.74) is 0. The molecule has 86 valence electrons. The van der Waals surface area contributed by atoms with Crippen molar-refractivity contribution in [2.45, 2.75) is 12.8 Å². The van der Waals surface area contributed by atoms with E-state index in [4.69, 9.17) is 19.6 Å². The van der Waals surface area contributed by atoms with Gasteiger partial charge in [-0.05, 0) is 12.8 Å². The minimum absolute atomic E-state index is 0.186. The first-order valence-corrected chi connectivity index (χ1v) is 6.67. The minimum Gasteiger partial charge on any atom is -0.303 e. The van der Waals surface area contributed by atoms with Gasteiger partial charge in [0.2, 0.25) is 0 Å². The van der Waals surface area contributed by atoms with E-state index in [1.807, 2.05) is 0 Å². The second-order valence-electron chi connectivity index (χ2n) is 2.35. The van der Waals surface area contributed by atoms with Gasteiger partial charge in [-0.25, -0.2) is 9.13 Å². The number of hydrogen-bond donors (Lipinski definition) is 4. The summed E-state index contributed by atoms with van der Waals surface area (Å²) in [5, 5.41) is 0. The quantitative estimate of drug-likeness (QED) is 0.366. The van der Waals surface area contributed by atoms with Crippen molar-refractivity contribution in [2.24, 2.45) is 0 Å². The van der Waals surface area contributed by atoms with Gasteiger partial charge in [0, 0.05) is 0 Å². The maximum Gasteiger partial charge on any atom is 0.469 e. The van der Waals surface area contributed by atoms with Crippen LogP contribution in [0.4, 0.5) is 0 Å². The first-order chi connectivity index (χ1) is 6.21. The fourth-order valence-corrected chi connectivity index (χ4v) is 1.30. The van der Waals surface area contributed by atoms with Crippen LogP contribution in [0.25, 0.3) is 0 Å². The molecule has 0 saturated carbocycles. The fraction of sp³-hybridized carbons (Fsp3) is 1.00. The van der Waals surface area contributed by atoms with Gasteiger partial charge >= 0.3 is 15.6 Å².